The van der Waals surface area contributed by atoms with Gasteiger partial charge in [-0.25, -0.2) is 9.69 Å². The summed E-state index contributed by atoms with van der Waals surface area (Å²) in [6.07, 6.45) is -4.01. The Hall–Kier alpha value is -3.49. The van der Waals surface area contributed by atoms with Crippen molar-refractivity contribution in [2.24, 2.45) is 16.8 Å². The van der Waals surface area contributed by atoms with Crippen LogP contribution < -0.4 is 9.64 Å². The average molecular weight is 432 g/mol. The fourth-order valence-electron chi connectivity index (χ4n) is 3.47. The van der Waals surface area contributed by atoms with Gasteiger partial charge in [0.05, 0.1) is 35.2 Å². The Morgan fingerprint density at radius 1 is 1.03 bits per heavy atom. The van der Waals surface area contributed by atoms with Crippen LogP contribution in [-0.4, -0.2) is 31.0 Å². The number of aliphatic imine (C=N–C) groups is 1. The molecule has 162 valence electrons. The van der Waals surface area contributed by atoms with E-state index in [9.17, 15) is 27.6 Å². The summed E-state index contributed by atoms with van der Waals surface area (Å²) in [6, 6.07) is 9.37. The molecular formula is C22H19F3N2O4. The maximum Gasteiger partial charge on any atom is 0.416 e. The van der Waals surface area contributed by atoms with Gasteiger partial charge in [-0.15, -0.1) is 0 Å². The zero-order valence-electron chi connectivity index (χ0n) is 16.6. The van der Waals surface area contributed by atoms with Crippen molar-refractivity contribution in [3.63, 3.8) is 0 Å². The van der Waals surface area contributed by atoms with Gasteiger partial charge in [0.15, 0.2) is 0 Å². The lowest BCUT2D eigenvalue weighted by molar-refractivity contribution is -0.137. The normalized spacial score (nSPS) is 18.9. The number of anilines is 1. The van der Waals surface area contributed by atoms with Crippen LogP contribution in [0.4, 0.5) is 18.9 Å². The Kier molecular flexibility index (Phi) is 6.24. The van der Waals surface area contributed by atoms with Crippen molar-refractivity contribution < 1.29 is 32.3 Å². The first-order chi connectivity index (χ1) is 14.7. The highest BCUT2D eigenvalue weighted by molar-refractivity contribution is 6.22. The average Bonchev–Trinajstić information content (AvgIpc) is 2.97. The van der Waals surface area contributed by atoms with Crippen LogP contribution in [0, 0.1) is 11.8 Å². The molecule has 3 rings (SSSR count). The van der Waals surface area contributed by atoms with Crippen molar-refractivity contribution in [3.05, 3.63) is 59.7 Å². The van der Waals surface area contributed by atoms with Gasteiger partial charge in [0.2, 0.25) is 11.8 Å². The molecule has 0 bridgehead atoms. The van der Waals surface area contributed by atoms with E-state index >= 15 is 0 Å². The first-order valence-corrected chi connectivity index (χ1v) is 9.47. The van der Waals surface area contributed by atoms with Gasteiger partial charge in [0, 0.05) is 0 Å². The molecule has 1 aliphatic rings. The highest BCUT2D eigenvalue weighted by Crippen LogP contribution is 2.34. The number of hydrogen-bond donors (Lipinski definition) is 0. The maximum absolute atomic E-state index is 12.7. The second-order valence-corrected chi connectivity index (χ2v) is 7.00. The molecule has 0 aromatic heterocycles. The number of hydrogen-bond acceptors (Lipinski definition) is 5. The lowest BCUT2D eigenvalue weighted by Gasteiger charge is -2.15. The lowest BCUT2D eigenvalue weighted by atomic mass is 9.93. The van der Waals surface area contributed by atoms with E-state index in [1.807, 2.05) is 6.92 Å². The number of carbonyl (C=O) groups excluding carboxylic acids is 3. The van der Waals surface area contributed by atoms with E-state index in [-0.39, 0.29) is 29.7 Å². The molecular weight excluding hydrogens is 413 g/mol. The molecule has 0 saturated carbocycles. The summed E-state index contributed by atoms with van der Waals surface area (Å²) in [5, 5.41) is 0. The summed E-state index contributed by atoms with van der Waals surface area (Å²) in [5.74, 6) is -2.45. The molecule has 1 heterocycles. The number of halogens is 3. The smallest absolute Gasteiger partial charge is 0.416 e. The van der Waals surface area contributed by atoms with Crippen LogP contribution in [0.3, 0.4) is 0 Å². The van der Waals surface area contributed by atoms with Crippen LogP contribution in [0.2, 0.25) is 0 Å². The highest BCUT2D eigenvalue weighted by atomic mass is 19.4. The minimum Gasteiger partial charge on any atom is -0.423 e. The molecule has 0 spiro atoms. The van der Waals surface area contributed by atoms with E-state index in [0.29, 0.717) is 12.1 Å². The standard InChI is InChI=1S/C22H19F3N2O4/c1-3-17-18(12-26-2)20(29)27(19(17)28)15-8-10-16(11-9-15)31-21(30)13-4-6-14(7-5-13)22(23,24)25/h4-11,17-18H,2-3,12H2,1H3. The van der Waals surface area contributed by atoms with Crippen molar-refractivity contribution in [1.82, 2.24) is 0 Å². The third-order valence-corrected chi connectivity index (χ3v) is 5.08. The summed E-state index contributed by atoms with van der Waals surface area (Å²) < 4.78 is 43.0. The van der Waals surface area contributed by atoms with E-state index in [0.717, 1.165) is 29.2 Å². The molecule has 6 nitrogen and oxygen atoms in total. The third-order valence-electron chi connectivity index (χ3n) is 5.08. The Morgan fingerprint density at radius 2 is 1.61 bits per heavy atom. The summed E-state index contributed by atoms with van der Waals surface area (Å²) in [5.41, 5.74) is -0.592. The van der Waals surface area contributed by atoms with Crippen LogP contribution in [-0.2, 0) is 15.8 Å². The van der Waals surface area contributed by atoms with Crippen molar-refractivity contribution in [3.8, 4) is 5.75 Å². The van der Waals surface area contributed by atoms with Crippen molar-refractivity contribution in [2.45, 2.75) is 19.5 Å². The molecule has 2 atom stereocenters. The van der Waals surface area contributed by atoms with Crippen LogP contribution in [0.25, 0.3) is 0 Å². The Morgan fingerprint density at radius 3 is 2.13 bits per heavy atom. The Balaban J connectivity index is 1.73. The van der Waals surface area contributed by atoms with Gasteiger partial charge in [-0.2, -0.15) is 13.2 Å². The zero-order chi connectivity index (χ0) is 22.8. The van der Waals surface area contributed by atoms with Crippen molar-refractivity contribution in [2.75, 3.05) is 11.4 Å². The first kappa shape index (κ1) is 22.2. The molecule has 1 aliphatic heterocycles. The van der Waals surface area contributed by atoms with E-state index in [1.165, 1.54) is 24.3 Å². The number of carbonyl (C=O) groups is 3. The second-order valence-electron chi connectivity index (χ2n) is 7.00. The molecule has 2 aromatic rings. The molecule has 9 heteroatoms. The largest absolute Gasteiger partial charge is 0.423 e. The van der Waals surface area contributed by atoms with Crippen molar-refractivity contribution >= 4 is 30.2 Å². The first-order valence-electron chi connectivity index (χ1n) is 9.47. The number of rotatable bonds is 6. The molecule has 0 radical (unpaired) electrons. The predicted molar refractivity (Wildman–Crippen MR) is 107 cm³/mol. The molecule has 1 saturated heterocycles. The minimum atomic E-state index is -4.50. The van der Waals surface area contributed by atoms with Gasteiger partial charge < -0.3 is 9.73 Å². The van der Waals surface area contributed by atoms with Crippen LogP contribution in [0.1, 0.15) is 29.3 Å². The number of esters is 1. The predicted octanol–water partition coefficient (Wildman–Crippen LogP) is 4.14. The maximum atomic E-state index is 12.7. The Labute approximate surface area is 176 Å². The third kappa shape index (κ3) is 4.50. The second kappa shape index (κ2) is 8.71. The topological polar surface area (TPSA) is 76.0 Å². The lowest BCUT2D eigenvalue weighted by Crippen LogP contribution is -2.31. The number of imide groups is 1. The van der Waals surface area contributed by atoms with E-state index in [1.54, 1.807) is 0 Å². The molecule has 1 fully saturated rings. The SMILES string of the molecule is C=NCC1C(=O)N(c2ccc(OC(=O)c3ccc(C(F)(F)F)cc3)cc2)C(=O)C1CC. The van der Waals surface area contributed by atoms with E-state index < -0.39 is 29.5 Å². The van der Waals surface area contributed by atoms with Gasteiger partial charge >= 0.3 is 12.1 Å². The fraction of sp³-hybridized carbons (Fsp3) is 0.273. The number of ether oxygens (including phenoxy) is 1. The molecule has 2 aromatic carbocycles. The molecule has 31 heavy (non-hydrogen) atoms. The van der Waals surface area contributed by atoms with Gasteiger partial charge in [-0.1, -0.05) is 6.92 Å². The fourth-order valence-corrected chi connectivity index (χ4v) is 3.47. The Bertz CT molecular complexity index is 1000. The number of amides is 2. The molecule has 0 N–H and O–H groups in total. The quantitative estimate of drug-likeness (QED) is 0.298. The summed E-state index contributed by atoms with van der Waals surface area (Å²) in [7, 11) is 0. The molecule has 0 aliphatic carbocycles. The van der Waals surface area contributed by atoms with Gasteiger partial charge in [-0.05, 0) is 61.7 Å². The molecule has 2 amide bonds. The van der Waals surface area contributed by atoms with Crippen molar-refractivity contribution in [1.29, 1.82) is 0 Å². The summed E-state index contributed by atoms with van der Waals surface area (Å²) in [6.45, 7) is 5.37. The van der Waals surface area contributed by atoms with Gasteiger partial charge in [0.25, 0.3) is 0 Å². The van der Waals surface area contributed by atoms with Gasteiger partial charge in [-0.3, -0.25) is 9.59 Å². The minimum absolute atomic E-state index is 0.0486. The summed E-state index contributed by atoms with van der Waals surface area (Å²) in [4.78, 5) is 42.4. The zero-order valence-corrected chi connectivity index (χ0v) is 16.6. The van der Waals surface area contributed by atoms with Crippen LogP contribution >= 0.6 is 0 Å². The van der Waals surface area contributed by atoms with E-state index in [2.05, 4.69) is 11.7 Å². The summed E-state index contributed by atoms with van der Waals surface area (Å²) >= 11 is 0. The number of benzene rings is 2. The number of alkyl halides is 3. The van der Waals surface area contributed by atoms with Crippen LogP contribution in [0.15, 0.2) is 53.5 Å². The monoisotopic (exact) mass is 432 g/mol. The van der Waals surface area contributed by atoms with E-state index in [4.69, 9.17) is 4.74 Å². The van der Waals surface area contributed by atoms with Crippen LogP contribution in [0.5, 0.6) is 5.75 Å². The molecule has 2 unspecified atom stereocenters. The highest BCUT2D eigenvalue weighted by Gasteiger charge is 2.46. The number of nitrogens with zero attached hydrogens (tertiary/aromatic N) is 2. The van der Waals surface area contributed by atoms with Gasteiger partial charge in [0.1, 0.15) is 5.75 Å².